The summed E-state index contributed by atoms with van der Waals surface area (Å²) in [6, 6.07) is 0.212. The molecule has 2 unspecified atom stereocenters. The SMILES string of the molecule is CCC(C)NC(=O)C(C1CCCC1)N1CCN(C(=O)CC(C)C)CC1. The zero-order chi connectivity index (χ0) is 18.4. The molecule has 1 saturated carbocycles. The molecular formula is C20H37N3O2. The van der Waals surface area contributed by atoms with Crippen LogP contribution in [-0.2, 0) is 9.59 Å². The van der Waals surface area contributed by atoms with Gasteiger partial charge in [0.1, 0.15) is 0 Å². The van der Waals surface area contributed by atoms with Crippen LogP contribution in [0.25, 0.3) is 0 Å². The Morgan fingerprint density at radius 2 is 1.64 bits per heavy atom. The number of amides is 2. The molecule has 25 heavy (non-hydrogen) atoms. The zero-order valence-electron chi connectivity index (χ0n) is 16.6. The van der Waals surface area contributed by atoms with E-state index < -0.39 is 0 Å². The highest BCUT2D eigenvalue weighted by Crippen LogP contribution is 2.31. The van der Waals surface area contributed by atoms with E-state index in [-0.39, 0.29) is 23.9 Å². The van der Waals surface area contributed by atoms with Crippen LogP contribution in [0.2, 0.25) is 0 Å². The van der Waals surface area contributed by atoms with Crippen molar-refractivity contribution < 1.29 is 9.59 Å². The van der Waals surface area contributed by atoms with Crippen LogP contribution in [0.15, 0.2) is 0 Å². The average Bonchev–Trinajstić information content (AvgIpc) is 3.09. The van der Waals surface area contributed by atoms with E-state index >= 15 is 0 Å². The predicted molar refractivity (Wildman–Crippen MR) is 101 cm³/mol. The van der Waals surface area contributed by atoms with Gasteiger partial charge in [-0.15, -0.1) is 0 Å². The molecule has 2 atom stereocenters. The number of carbonyl (C=O) groups excluding carboxylic acids is 2. The van der Waals surface area contributed by atoms with Gasteiger partial charge in [-0.25, -0.2) is 0 Å². The van der Waals surface area contributed by atoms with E-state index in [0.29, 0.717) is 18.3 Å². The molecule has 2 rings (SSSR count). The Bertz CT molecular complexity index is 438. The first-order chi connectivity index (χ1) is 11.9. The Labute approximate surface area is 153 Å². The lowest BCUT2D eigenvalue weighted by molar-refractivity contribution is -0.136. The van der Waals surface area contributed by atoms with Crippen LogP contribution in [0.5, 0.6) is 0 Å². The molecule has 0 spiro atoms. The summed E-state index contributed by atoms with van der Waals surface area (Å²) >= 11 is 0. The van der Waals surface area contributed by atoms with Crippen LogP contribution < -0.4 is 5.32 Å². The minimum atomic E-state index is -0.0150. The third-order valence-electron chi connectivity index (χ3n) is 5.76. The van der Waals surface area contributed by atoms with E-state index in [1.807, 2.05) is 4.90 Å². The van der Waals surface area contributed by atoms with Crippen molar-refractivity contribution in [2.45, 2.75) is 78.3 Å². The summed E-state index contributed by atoms with van der Waals surface area (Å²) in [6.07, 6.45) is 6.38. The van der Waals surface area contributed by atoms with E-state index in [1.54, 1.807) is 0 Å². The number of hydrogen-bond acceptors (Lipinski definition) is 3. The van der Waals surface area contributed by atoms with Crippen molar-refractivity contribution in [3.63, 3.8) is 0 Å². The fourth-order valence-corrected chi connectivity index (χ4v) is 4.11. The smallest absolute Gasteiger partial charge is 0.237 e. The van der Waals surface area contributed by atoms with Gasteiger partial charge in [-0.05, 0) is 38.0 Å². The minimum Gasteiger partial charge on any atom is -0.352 e. The van der Waals surface area contributed by atoms with E-state index in [2.05, 4.69) is 37.9 Å². The molecule has 0 aromatic carbocycles. The molecule has 5 heteroatoms. The standard InChI is InChI=1S/C20H37N3O2/c1-5-16(4)21-20(25)19(17-8-6-7-9-17)23-12-10-22(11-13-23)18(24)14-15(2)3/h15-17,19H,5-14H2,1-4H3,(H,21,25). The van der Waals surface area contributed by atoms with Crippen molar-refractivity contribution in [2.24, 2.45) is 11.8 Å². The molecule has 2 amide bonds. The second kappa shape index (κ2) is 9.56. The summed E-state index contributed by atoms with van der Waals surface area (Å²) in [5.41, 5.74) is 0. The summed E-state index contributed by atoms with van der Waals surface area (Å²) in [4.78, 5) is 29.5. The Balaban J connectivity index is 1.97. The average molecular weight is 352 g/mol. The Hall–Kier alpha value is -1.10. The number of carbonyl (C=O) groups is 2. The van der Waals surface area contributed by atoms with Crippen LogP contribution in [0.4, 0.5) is 0 Å². The predicted octanol–water partition coefficient (Wildman–Crippen LogP) is 2.65. The van der Waals surface area contributed by atoms with E-state index in [4.69, 9.17) is 0 Å². The maximum atomic E-state index is 12.9. The molecule has 1 heterocycles. The molecule has 0 aromatic heterocycles. The second-order valence-electron chi connectivity index (χ2n) is 8.32. The molecular weight excluding hydrogens is 314 g/mol. The van der Waals surface area contributed by atoms with E-state index in [0.717, 1.165) is 45.4 Å². The van der Waals surface area contributed by atoms with Crippen LogP contribution in [0, 0.1) is 11.8 Å². The monoisotopic (exact) mass is 351 g/mol. The fraction of sp³-hybridized carbons (Fsp3) is 0.900. The molecule has 0 bridgehead atoms. The van der Waals surface area contributed by atoms with Gasteiger partial charge in [0.15, 0.2) is 0 Å². The van der Waals surface area contributed by atoms with Gasteiger partial charge in [-0.1, -0.05) is 33.6 Å². The summed E-state index contributed by atoms with van der Waals surface area (Å²) < 4.78 is 0. The van der Waals surface area contributed by atoms with Gasteiger partial charge in [0.25, 0.3) is 0 Å². The van der Waals surface area contributed by atoms with Gasteiger partial charge in [-0.3, -0.25) is 14.5 Å². The Kier molecular flexibility index (Phi) is 7.73. The molecule has 1 saturated heterocycles. The van der Waals surface area contributed by atoms with Crippen molar-refractivity contribution >= 4 is 11.8 Å². The van der Waals surface area contributed by atoms with Crippen molar-refractivity contribution in [1.82, 2.24) is 15.1 Å². The highest BCUT2D eigenvalue weighted by molar-refractivity contribution is 5.82. The lowest BCUT2D eigenvalue weighted by atomic mass is 9.94. The second-order valence-corrected chi connectivity index (χ2v) is 8.32. The van der Waals surface area contributed by atoms with Gasteiger partial charge in [0, 0.05) is 38.6 Å². The van der Waals surface area contributed by atoms with Crippen molar-refractivity contribution in [3.8, 4) is 0 Å². The maximum absolute atomic E-state index is 12.9. The first-order valence-corrected chi connectivity index (χ1v) is 10.2. The van der Waals surface area contributed by atoms with Crippen molar-refractivity contribution in [3.05, 3.63) is 0 Å². The Morgan fingerprint density at radius 1 is 1.04 bits per heavy atom. The van der Waals surface area contributed by atoms with E-state index in [9.17, 15) is 9.59 Å². The summed E-state index contributed by atoms with van der Waals surface area (Å²) in [6.45, 7) is 11.5. The molecule has 0 aromatic rings. The lowest BCUT2D eigenvalue weighted by Crippen LogP contribution is -2.58. The lowest BCUT2D eigenvalue weighted by Gasteiger charge is -2.41. The summed E-state index contributed by atoms with van der Waals surface area (Å²) in [5, 5.41) is 3.20. The van der Waals surface area contributed by atoms with Gasteiger partial charge in [-0.2, -0.15) is 0 Å². The van der Waals surface area contributed by atoms with Crippen LogP contribution in [0.3, 0.4) is 0 Å². The third kappa shape index (κ3) is 5.70. The number of nitrogens with one attached hydrogen (secondary N) is 1. The third-order valence-corrected chi connectivity index (χ3v) is 5.76. The van der Waals surface area contributed by atoms with Gasteiger partial charge < -0.3 is 10.2 Å². The molecule has 1 aliphatic heterocycles. The molecule has 0 radical (unpaired) electrons. The topological polar surface area (TPSA) is 52.7 Å². The minimum absolute atomic E-state index is 0.0150. The number of piperazine rings is 1. The number of hydrogen-bond donors (Lipinski definition) is 1. The molecule has 5 nitrogen and oxygen atoms in total. The highest BCUT2D eigenvalue weighted by atomic mass is 16.2. The van der Waals surface area contributed by atoms with Crippen LogP contribution in [0.1, 0.15) is 66.2 Å². The normalized spacial score (nSPS) is 22.2. The maximum Gasteiger partial charge on any atom is 0.237 e. The highest BCUT2D eigenvalue weighted by Gasteiger charge is 2.37. The quantitative estimate of drug-likeness (QED) is 0.767. The largest absolute Gasteiger partial charge is 0.352 e. The van der Waals surface area contributed by atoms with E-state index in [1.165, 1.54) is 12.8 Å². The molecule has 2 aliphatic rings. The van der Waals surface area contributed by atoms with Crippen molar-refractivity contribution in [1.29, 1.82) is 0 Å². The Morgan fingerprint density at radius 3 is 2.16 bits per heavy atom. The zero-order valence-corrected chi connectivity index (χ0v) is 16.6. The molecule has 2 fully saturated rings. The number of nitrogens with zero attached hydrogens (tertiary/aromatic N) is 2. The fourth-order valence-electron chi connectivity index (χ4n) is 4.11. The molecule has 1 aliphatic carbocycles. The molecule has 1 N–H and O–H groups in total. The van der Waals surface area contributed by atoms with Crippen LogP contribution in [-0.4, -0.2) is 59.9 Å². The molecule has 144 valence electrons. The first kappa shape index (κ1) is 20.2. The van der Waals surface area contributed by atoms with Crippen LogP contribution >= 0.6 is 0 Å². The first-order valence-electron chi connectivity index (χ1n) is 10.2. The summed E-state index contributed by atoms with van der Waals surface area (Å²) in [7, 11) is 0. The van der Waals surface area contributed by atoms with Gasteiger partial charge in [0.05, 0.1) is 6.04 Å². The van der Waals surface area contributed by atoms with Crippen molar-refractivity contribution in [2.75, 3.05) is 26.2 Å². The van der Waals surface area contributed by atoms with Gasteiger partial charge in [0.2, 0.25) is 11.8 Å². The number of rotatable bonds is 7. The summed E-state index contributed by atoms with van der Waals surface area (Å²) in [5.74, 6) is 1.33. The van der Waals surface area contributed by atoms with Gasteiger partial charge >= 0.3 is 0 Å².